The van der Waals surface area contributed by atoms with Crippen molar-refractivity contribution in [1.29, 1.82) is 0 Å². The first kappa shape index (κ1) is 15.1. The van der Waals surface area contributed by atoms with Crippen molar-refractivity contribution in [2.24, 2.45) is 11.7 Å². The highest BCUT2D eigenvalue weighted by atomic mass is 16.7. The number of nitrogens with one attached hydrogen (secondary N) is 1. The summed E-state index contributed by atoms with van der Waals surface area (Å²) in [5.41, 5.74) is 5.71. The number of amides is 3. The molecule has 0 saturated carbocycles. The second kappa shape index (κ2) is 6.15. The fourth-order valence-electron chi connectivity index (χ4n) is 2.67. The SMILES string of the molecule is NC(=O)C1CCN(C(=O)C(=O)Nc2ccc3c(c2)OCO3)CC1. The number of nitrogens with zero attached hydrogens (tertiary/aromatic N) is 1. The molecule has 0 aromatic heterocycles. The van der Waals surface area contributed by atoms with Gasteiger partial charge < -0.3 is 25.4 Å². The van der Waals surface area contributed by atoms with Gasteiger partial charge in [-0.25, -0.2) is 0 Å². The van der Waals surface area contributed by atoms with Crippen LogP contribution in [0.4, 0.5) is 5.69 Å². The van der Waals surface area contributed by atoms with Crippen molar-refractivity contribution in [2.45, 2.75) is 12.8 Å². The highest BCUT2D eigenvalue weighted by Gasteiger charge is 2.29. The molecule has 0 aliphatic carbocycles. The summed E-state index contributed by atoms with van der Waals surface area (Å²) < 4.78 is 10.4. The number of likely N-dealkylation sites (tertiary alicyclic amines) is 1. The van der Waals surface area contributed by atoms with Gasteiger partial charge in [-0.15, -0.1) is 0 Å². The van der Waals surface area contributed by atoms with Crippen molar-refractivity contribution in [3.05, 3.63) is 18.2 Å². The van der Waals surface area contributed by atoms with E-state index in [1.807, 2.05) is 0 Å². The predicted octanol–water partition coefficient (Wildman–Crippen LogP) is 0.0777. The zero-order chi connectivity index (χ0) is 16.4. The summed E-state index contributed by atoms with van der Waals surface area (Å²) in [7, 11) is 0. The van der Waals surface area contributed by atoms with Crippen molar-refractivity contribution in [3.63, 3.8) is 0 Å². The zero-order valence-electron chi connectivity index (χ0n) is 12.4. The average molecular weight is 319 g/mol. The van der Waals surface area contributed by atoms with Gasteiger partial charge in [0.25, 0.3) is 0 Å². The largest absolute Gasteiger partial charge is 0.454 e. The fourth-order valence-corrected chi connectivity index (χ4v) is 2.67. The number of ether oxygens (including phenoxy) is 2. The van der Waals surface area contributed by atoms with Crippen LogP contribution in [0, 0.1) is 5.92 Å². The Labute approximate surface area is 132 Å². The lowest BCUT2D eigenvalue weighted by molar-refractivity contribution is -0.144. The van der Waals surface area contributed by atoms with Gasteiger partial charge in [0, 0.05) is 30.8 Å². The number of hydrogen-bond acceptors (Lipinski definition) is 5. The molecule has 0 radical (unpaired) electrons. The molecule has 23 heavy (non-hydrogen) atoms. The van der Waals surface area contributed by atoms with E-state index in [1.165, 1.54) is 4.90 Å². The van der Waals surface area contributed by atoms with E-state index in [0.717, 1.165) is 0 Å². The topological polar surface area (TPSA) is 111 Å². The number of hydrogen-bond donors (Lipinski definition) is 2. The third-order valence-corrected chi connectivity index (χ3v) is 4.01. The number of benzene rings is 1. The minimum atomic E-state index is -0.721. The van der Waals surface area contributed by atoms with E-state index < -0.39 is 11.8 Å². The van der Waals surface area contributed by atoms with Gasteiger partial charge in [-0.3, -0.25) is 14.4 Å². The summed E-state index contributed by atoms with van der Waals surface area (Å²) in [6.45, 7) is 0.836. The number of primary amides is 1. The van der Waals surface area contributed by atoms with Gasteiger partial charge in [-0.1, -0.05) is 0 Å². The first-order chi connectivity index (χ1) is 11.0. The maximum absolute atomic E-state index is 12.2. The van der Waals surface area contributed by atoms with Gasteiger partial charge in [0.1, 0.15) is 0 Å². The summed E-state index contributed by atoms with van der Waals surface area (Å²) >= 11 is 0. The second-order valence-corrected chi connectivity index (χ2v) is 5.49. The Hall–Kier alpha value is -2.77. The molecule has 0 unspecified atom stereocenters. The molecular weight excluding hydrogens is 302 g/mol. The number of rotatable bonds is 2. The van der Waals surface area contributed by atoms with Crippen LogP contribution in [0.3, 0.4) is 0 Å². The molecule has 0 bridgehead atoms. The van der Waals surface area contributed by atoms with Gasteiger partial charge in [0.15, 0.2) is 11.5 Å². The smallest absolute Gasteiger partial charge is 0.313 e. The van der Waals surface area contributed by atoms with Crippen LogP contribution in [0.1, 0.15) is 12.8 Å². The van der Waals surface area contributed by atoms with Gasteiger partial charge in [0.05, 0.1) is 0 Å². The number of carbonyl (C=O) groups excluding carboxylic acids is 3. The molecule has 2 aliphatic rings. The Bertz CT molecular complexity index is 653. The first-order valence-corrected chi connectivity index (χ1v) is 7.34. The van der Waals surface area contributed by atoms with Crippen LogP contribution in [-0.2, 0) is 14.4 Å². The van der Waals surface area contributed by atoms with Gasteiger partial charge in [0.2, 0.25) is 12.7 Å². The standard InChI is InChI=1S/C15H17N3O5/c16-13(19)9-3-5-18(6-4-9)15(21)14(20)17-10-1-2-11-12(7-10)23-8-22-11/h1-2,7,9H,3-6,8H2,(H2,16,19)(H,17,20). The first-order valence-electron chi connectivity index (χ1n) is 7.34. The van der Waals surface area contributed by atoms with Crippen LogP contribution >= 0.6 is 0 Å². The number of fused-ring (bicyclic) bond motifs is 1. The fraction of sp³-hybridized carbons (Fsp3) is 0.400. The van der Waals surface area contributed by atoms with Crippen LogP contribution in [0.5, 0.6) is 11.5 Å². The molecule has 1 aromatic rings. The summed E-state index contributed by atoms with van der Waals surface area (Å²) in [5.74, 6) is -0.801. The minimum Gasteiger partial charge on any atom is -0.454 e. The quantitative estimate of drug-likeness (QED) is 0.750. The van der Waals surface area contributed by atoms with Crippen molar-refractivity contribution < 1.29 is 23.9 Å². The lowest BCUT2D eigenvalue weighted by Gasteiger charge is -2.29. The Morgan fingerprint density at radius 3 is 2.52 bits per heavy atom. The molecule has 8 nitrogen and oxygen atoms in total. The molecule has 1 aromatic carbocycles. The highest BCUT2D eigenvalue weighted by Crippen LogP contribution is 2.34. The molecule has 1 saturated heterocycles. The highest BCUT2D eigenvalue weighted by molar-refractivity contribution is 6.39. The zero-order valence-corrected chi connectivity index (χ0v) is 12.4. The maximum Gasteiger partial charge on any atom is 0.313 e. The molecule has 3 amide bonds. The molecule has 122 valence electrons. The molecule has 3 rings (SSSR count). The van der Waals surface area contributed by atoms with E-state index in [4.69, 9.17) is 15.2 Å². The number of anilines is 1. The second-order valence-electron chi connectivity index (χ2n) is 5.49. The van der Waals surface area contributed by atoms with E-state index in [1.54, 1.807) is 18.2 Å². The van der Waals surface area contributed by atoms with Crippen LogP contribution < -0.4 is 20.5 Å². The van der Waals surface area contributed by atoms with Gasteiger partial charge in [-0.05, 0) is 25.0 Å². The molecule has 1 fully saturated rings. The number of nitrogens with two attached hydrogens (primary N) is 1. The third-order valence-electron chi connectivity index (χ3n) is 4.01. The lowest BCUT2D eigenvalue weighted by Crippen LogP contribution is -2.46. The predicted molar refractivity (Wildman–Crippen MR) is 79.7 cm³/mol. The normalized spacial score (nSPS) is 17.0. The van der Waals surface area contributed by atoms with Crippen LogP contribution in [-0.4, -0.2) is 42.5 Å². The van der Waals surface area contributed by atoms with Crippen LogP contribution in [0.15, 0.2) is 18.2 Å². The molecule has 0 spiro atoms. The van der Waals surface area contributed by atoms with Crippen molar-refractivity contribution in [1.82, 2.24) is 4.90 Å². The van der Waals surface area contributed by atoms with Crippen molar-refractivity contribution in [2.75, 3.05) is 25.2 Å². The summed E-state index contributed by atoms with van der Waals surface area (Å²) in [5, 5.41) is 2.55. The minimum absolute atomic E-state index is 0.139. The Morgan fingerprint density at radius 1 is 1.13 bits per heavy atom. The number of piperidine rings is 1. The number of carbonyl (C=O) groups is 3. The Morgan fingerprint density at radius 2 is 1.83 bits per heavy atom. The van der Waals surface area contributed by atoms with Gasteiger partial charge in [-0.2, -0.15) is 0 Å². The molecule has 2 aliphatic heterocycles. The Balaban J connectivity index is 1.58. The van der Waals surface area contributed by atoms with Gasteiger partial charge >= 0.3 is 11.8 Å². The molecule has 3 N–H and O–H groups in total. The maximum atomic E-state index is 12.2. The summed E-state index contributed by atoms with van der Waals surface area (Å²) in [6.07, 6.45) is 0.969. The van der Waals surface area contributed by atoms with E-state index >= 15 is 0 Å². The van der Waals surface area contributed by atoms with E-state index in [2.05, 4.69) is 5.32 Å². The van der Waals surface area contributed by atoms with Crippen LogP contribution in [0.2, 0.25) is 0 Å². The molecule has 0 atom stereocenters. The van der Waals surface area contributed by atoms with Crippen molar-refractivity contribution in [3.8, 4) is 11.5 Å². The Kier molecular flexibility index (Phi) is 4.05. The molecular formula is C15H17N3O5. The average Bonchev–Trinajstić information content (AvgIpc) is 3.01. The lowest BCUT2D eigenvalue weighted by atomic mass is 9.96. The third kappa shape index (κ3) is 3.20. The van der Waals surface area contributed by atoms with E-state index in [0.29, 0.717) is 43.1 Å². The molecule has 2 heterocycles. The van der Waals surface area contributed by atoms with Crippen molar-refractivity contribution >= 4 is 23.4 Å². The summed E-state index contributed by atoms with van der Waals surface area (Å²) in [4.78, 5) is 36.8. The summed E-state index contributed by atoms with van der Waals surface area (Å²) in [6, 6.07) is 4.91. The van der Waals surface area contributed by atoms with Crippen LogP contribution in [0.25, 0.3) is 0 Å². The van der Waals surface area contributed by atoms with E-state index in [-0.39, 0.29) is 18.6 Å². The van der Waals surface area contributed by atoms with E-state index in [9.17, 15) is 14.4 Å². The molecule has 8 heteroatoms. The monoisotopic (exact) mass is 319 g/mol.